The molecule has 0 saturated heterocycles. The van der Waals surface area contributed by atoms with E-state index in [-0.39, 0.29) is 11.7 Å². The van der Waals surface area contributed by atoms with E-state index < -0.39 is 5.60 Å². The molecular formula is C16H22FNO2. The molecule has 2 rings (SSSR count). The highest BCUT2D eigenvalue weighted by atomic mass is 19.1. The molecule has 110 valence electrons. The average Bonchev–Trinajstić information content (AvgIpc) is 2.86. The topological polar surface area (TPSA) is 49.3 Å². The molecule has 1 fully saturated rings. The van der Waals surface area contributed by atoms with E-state index >= 15 is 0 Å². The lowest BCUT2D eigenvalue weighted by atomic mass is 10.0. The fourth-order valence-corrected chi connectivity index (χ4v) is 2.70. The molecule has 1 aliphatic carbocycles. The van der Waals surface area contributed by atoms with Crippen molar-refractivity contribution in [1.82, 2.24) is 5.32 Å². The maximum absolute atomic E-state index is 13.4. The normalized spacial score (nSPS) is 17.1. The number of nitrogens with one attached hydrogen (secondary N) is 1. The Balaban J connectivity index is 1.67. The Morgan fingerprint density at radius 2 is 2.00 bits per heavy atom. The smallest absolute Gasteiger partial charge is 0.220 e. The highest BCUT2D eigenvalue weighted by Gasteiger charge is 2.31. The van der Waals surface area contributed by atoms with E-state index in [2.05, 4.69) is 5.32 Å². The van der Waals surface area contributed by atoms with Gasteiger partial charge in [0, 0.05) is 13.0 Å². The number of carbonyl (C=O) groups excluding carboxylic acids is 1. The summed E-state index contributed by atoms with van der Waals surface area (Å²) in [6.45, 7) is 0.339. The Morgan fingerprint density at radius 1 is 1.30 bits per heavy atom. The molecule has 1 saturated carbocycles. The second-order valence-electron chi connectivity index (χ2n) is 5.65. The van der Waals surface area contributed by atoms with Crippen LogP contribution in [0.3, 0.4) is 0 Å². The number of amides is 1. The first-order valence-electron chi connectivity index (χ1n) is 7.32. The van der Waals surface area contributed by atoms with Gasteiger partial charge in [0.15, 0.2) is 0 Å². The Kier molecular flexibility index (Phi) is 5.12. The number of benzene rings is 1. The lowest BCUT2D eigenvalue weighted by Crippen LogP contribution is -2.40. The summed E-state index contributed by atoms with van der Waals surface area (Å²) >= 11 is 0. The van der Waals surface area contributed by atoms with Crippen LogP contribution in [0.25, 0.3) is 0 Å². The molecule has 4 heteroatoms. The molecule has 2 N–H and O–H groups in total. The molecule has 0 bridgehead atoms. The number of aliphatic hydroxyl groups is 1. The van der Waals surface area contributed by atoms with Gasteiger partial charge in [-0.1, -0.05) is 31.0 Å². The van der Waals surface area contributed by atoms with Gasteiger partial charge in [0.05, 0.1) is 5.60 Å². The van der Waals surface area contributed by atoms with Crippen molar-refractivity contribution < 1.29 is 14.3 Å². The first-order chi connectivity index (χ1) is 9.59. The molecule has 0 atom stereocenters. The van der Waals surface area contributed by atoms with Crippen LogP contribution in [0.4, 0.5) is 4.39 Å². The molecule has 0 aromatic heterocycles. The zero-order valence-corrected chi connectivity index (χ0v) is 11.7. The quantitative estimate of drug-likeness (QED) is 0.841. The van der Waals surface area contributed by atoms with Crippen LogP contribution in [0.2, 0.25) is 0 Å². The zero-order valence-electron chi connectivity index (χ0n) is 11.7. The first-order valence-corrected chi connectivity index (χ1v) is 7.32. The highest BCUT2D eigenvalue weighted by Crippen LogP contribution is 2.28. The van der Waals surface area contributed by atoms with Crippen LogP contribution in [-0.4, -0.2) is 23.2 Å². The second kappa shape index (κ2) is 6.84. The number of rotatable bonds is 6. The SMILES string of the molecule is O=C(CCCc1ccccc1F)NCC1(O)CCCC1. The standard InChI is InChI=1S/C16H22FNO2/c17-14-8-2-1-6-13(14)7-5-9-15(19)18-12-16(20)10-3-4-11-16/h1-2,6,8,20H,3-5,7,9-12H2,(H,18,19). The maximum Gasteiger partial charge on any atom is 0.220 e. The average molecular weight is 279 g/mol. The molecule has 0 heterocycles. The van der Waals surface area contributed by atoms with E-state index in [1.165, 1.54) is 6.07 Å². The minimum atomic E-state index is -0.707. The Labute approximate surface area is 119 Å². The van der Waals surface area contributed by atoms with Gasteiger partial charge in [-0.3, -0.25) is 4.79 Å². The molecule has 1 aromatic rings. The van der Waals surface area contributed by atoms with Gasteiger partial charge >= 0.3 is 0 Å². The predicted molar refractivity (Wildman–Crippen MR) is 75.8 cm³/mol. The van der Waals surface area contributed by atoms with Gasteiger partial charge in [0.25, 0.3) is 0 Å². The zero-order chi connectivity index (χ0) is 14.4. The minimum Gasteiger partial charge on any atom is -0.388 e. The van der Waals surface area contributed by atoms with Crippen molar-refractivity contribution >= 4 is 5.91 Å². The molecule has 20 heavy (non-hydrogen) atoms. The summed E-state index contributed by atoms with van der Waals surface area (Å²) in [5, 5.41) is 12.9. The number of hydrogen-bond acceptors (Lipinski definition) is 2. The van der Waals surface area contributed by atoms with Crippen LogP contribution in [-0.2, 0) is 11.2 Å². The number of aryl methyl sites for hydroxylation is 1. The first kappa shape index (κ1) is 15.0. The number of halogens is 1. The van der Waals surface area contributed by atoms with E-state index in [1.807, 2.05) is 0 Å². The van der Waals surface area contributed by atoms with Crippen molar-refractivity contribution in [2.75, 3.05) is 6.54 Å². The highest BCUT2D eigenvalue weighted by molar-refractivity contribution is 5.75. The molecule has 0 unspecified atom stereocenters. The molecule has 1 aromatic carbocycles. The van der Waals surface area contributed by atoms with Crippen molar-refractivity contribution in [3.63, 3.8) is 0 Å². The molecule has 0 aliphatic heterocycles. The summed E-state index contributed by atoms with van der Waals surface area (Å²) in [6, 6.07) is 6.64. The maximum atomic E-state index is 13.4. The van der Waals surface area contributed by atoms with Crippen LogP contribution in [0.5, 0.6) is 0 Å². The van der Waals surface area contributed by atoms with Crippen molar-refractivity contribution in [2.24, 2.45) is 0 Å². The van der Waals surface area contributed by atoms with Gasteiger partial charge in [-0.05, 0) is 37.3 Å². The fraction of sp³-hybridized carbons (Fsp3) is 0.562. The molecule has 0 radical (unpaired) electrons. The lowest BCUT2D eigenvalue weighted by molar-refractivity contribution is -0.122. The minimum absolute atomic E-state index is 0.0679. The molecule has 1 amide bonds. The van der Waals surface area contributed by atoms with Crippen LogP contribution in [0.15, 0.2) is 24.3 Å². The van der Waals surface area contributed by atoms with Gasteiger partial charge in [-0.2, -0.15) is 0 Å². The second-order valence-corrected chi connectivity index (χ2v) is 5.65. The fourth-order valence-electron chi connectivity index (χ4n) is 2.70. The van der Waals surface area contributed by atoms with Crippen LogP contribution < -0.4 is 5.32 Å². The van der Waals surface area contributed by atoms with Gasteiger partial charge < -0.3 is 10.4 Å². The summed E-state index contributed by atoms with van der Waals surface area (Å²) in [5.41, 5.74) is -0.0593. The monoisotopic (exact) mass is 279 g/mol. The van der Waals surface area contributed by atoms with Crippen molar-refractivity contribution in [2.45, 2.75) is 50.5 Å². The van der Waals surface area contributed by atoms with Crippen molar-refractivity contribution in [3.8, 4) is 0 Å². The number of hydrogen-bond donors (Lipinski definition) is 2. The third-order valence-corrected chi connectivity index (χ3v) is 3.96. The molecule has 0 spiro atoms. The van der Waals surface area contributed by atoms with Gasteiger partial charge in [-0.25, -0.2) is 4.39 Å². The van der Waals surface area contributed by atoms with E-state index in [1.54, 1.807) is 18.2 Å². The third kappa shape index (κ3) is 4.30. The number of carbonyl (C=O) groups is 1. The van der Waals surface area contributed by atoms with Crippen molar-refractivity contribution in [3.05, 3.63) is 35.6 Å². The lowest BCUT2D eigenvalue weighted by Gasteiger charge is -2.22. The molecular weight excluding hydrogens is 257 g/mol. The van der Waals surface area contributed by atoms with E-state index in [9.17, 15) is 14.3 Å². The summed E-state index contributed by atoms with van der Waals surface area (Å²) in [6.07, 6.45) is 5.13. The summed E-state index contributed by atoms with van der Waals surface area (Å²) in [4.78, 5) is 11.7. The largest absolute Gasteiger partial charge is 0.388 e. The van der Waals surface area contributed by atoms with Crippen molar-refractivity contribution in [1.29, 1.82) is 0 Å². The Morgan fingerprint density at radius 3 is 2.70 bits per heavy atom. The summed E-state index contributed by atoms with van der Waals surface area (Å²) in [5.74, 6) is -0.283. The summed E-state index contributed by atoms with van der Waals surface area (Å²) in [7, 11) is 0. The van der Waals surface area contributed by atoms with E-state index in [0.717, 1.165) is 25.7 Å². The Hall–Kier alpha value is -1.42. The van der Waals surface area contributed by atoms with Gasteiger partial charge in [0.1, 0.15) is 5.82 Å². The van der Waals surface area contributed by atoms with Gasteiger partial charge in [-0.15, -0.1) is 0 Å². The Bertz CT molecular complexity index is 456. The third-order valence-electron chi connectivity index (χ3n) is 3.96. The predicted octanol–water partition coefficient (Wildman–Crippen LogP) is 2.57. The van der Waals surface area contributed by atoms with Crippen LogP contribution in [0, 0.1) is 5.82 Å². The van der Waals surface area contributed by atoms with Crippen LogP contribution >= 0.6 is 0 Å². The van der Waals surface area contributed by atoms with Crippen LogP contribution in [0.1, 0.15) is 44.1 Å². The summed E-state index contributed by atoms with van der Waals surface area (Å²) < 4.78 is 13.4. The van der Waals surface area contributed by atoms with Gasteiger partial charge in [0.2, 0.25) is 5.91 Å². The molecule has 3 nitrogen and oxygen atoms in total. The molecule has 1 aliphatic rings. The van der Waals surface area contributed by atoms with E-state index in [4.69, 9.17) is 0 Å². The van der Waals surface area contributed by atoms with E-state index in [0.29, 0.717) is 31.4 Å².